The molecule has 0 aromatic carbocycles. The maximum Gasteiger partial charge on any atom is 0.183 e. The van der Waals surface area contributed by atoms with E-state index >= 15 is 0 Å². The summed E-state index contributed by atoms with van der Waals surface area (Å²) in [6, 6.07) is 0. The molecule has 0 aliphatic carbocycles. The standard InChI is InChI=1S/C11H12O4S/c1-6(12)10-8-9(11(16-10)7(2)13)15-5-3-4-14-8/h3-5H2,1-2H3. The fourth-order valence-electron chi connectivity index (χ4n) is 1.53. The smallest absolute Gasteiger partial charge is 0.183 e. The molecule has 2 heterocycles. The molecule has 86 valence electrons. The molecule has 2 rings (SSSR count). The largest absolute Gasteiger partial charge is 0.488 e. The van der Waals surface area contributed by atoms with Crippen molar-refractivity contribution in [2.24, 2.45) is 0 Å². The van der Waals surface area contributed by atoms with Crippen molar-refractivity contribution >= 4 is 22.9 Å². The van der Waals surface area contributed by atoms with Crippen LogP contribution in [0.4, 0.5) is 0 Å². The quantitative estimate of drug-likeness (QED) is 0.744. The van der Waals surface area contributed by atoms with Gasteiger partial charge in [-0.05, 0) is 0 Å². The van der Waals surface area contributed by atoms with Crippen molar-refractivity contribution in [2.75, 3.05) is 13.2 Å². The first-order valence-electron chi connectivity index (χ1n) is 5.05. The third kappa shape index (κ3) is 1.82. The van der Waals surface area contributed by atoms with Crippen molar-refractivity contribution in [3.63, 3.8) is 0 Å². The van der Waals surface area contributed by atoms with Crippen LogP contribution in [0, 0.1) is 0 Å². The third-order valence-corrected chi connectivity index (χ3v) is 3.60. The van der Waals surface area contributed by atoms with Gasteiger partial charge in [0.25, 0.3) is 0 Å². The zero-order valence-electron chi connectivity index (χ0n) is 9.16. The highest BCUT2D eigenvalue weighted by Crippen LogP contribution is 2.43. The predicted octanol–water partition coefficient (Wildman–Crippen LogP) is 2.31. The zero-order chi connectivity index (χ0) is 11.7. The van der Waals surface area contributed by atoms with Gasteiger partial charge in [0, 0.05) is 20.3 Å². The zero-order valence-corrected chi connectivity index (χ0v) is 9.98. The van der Waals surface area contributed by atoms with E-state index in [1.807, 2.05) is 0 Å². The molecule has 0 unspecified atom stereocenters. The average molecular weight is 240 g/mol. The highest BCUT2D eigenvalue weighted by atomic mass is 32.1. The number of fused-ring (bicyclic) bond motifs is 1. The molecule has 0 fully saturated rings. The summed E-state index contributed by atoms with van der Waals surface area (Å²) in [5, 5.41) is 0. The summed E-state index contributed by atoms with van der Waals surface area (Å²) in [7, 11) is 0. The Morgan fingerprint density at radius 2 is 1.44 bits per heavy atom. The second kappa shape index (κ2) is 4.25. The third-order valence-electron chi connectivity index (χ3n) is 2.24. The number of hydrogen-bond acceptors (Lipinski definition) is 5. The van der Waals surface area contributed by atoms with Gasteiger partial charge in [-0.15, -0.1) is 11.3 Å². The lowest BCUT2D eigenvalue weighted by atomic mass is 10.2. The van der Waals surface area contributed by atoms with Crippen LogP contribution in [0.1, 0.15) is 39.6 Å². The minimum Gasteiger partial charge on any atom is -0.488 e. The summed E-state index contributed by atoms with van der Waals surface area (Å²) < 4.78 is 11.0. The Morgan fingerprint density at radius 1 is 1.00 bits per heavy atom. The minimum atomic E-state index is -0.0979. The van der Waals surface area contributed by atoms with Crippen LogP contribution in [0.3, 0.4) is 0 Å². The lowest BCUT2D eigenvalue weighted by molar-refractivity contribution is 0.100. The molecule has 0 radical (unpaired) electrons. The van der Waals surface area contributed by atoms with Crippen LogP contribution in [0.2, 0.25) is 0 Å². The molecular formula is C11H12O4S. The monoisotopic (exact) mass is 240 g/mol. The number of carbonyl (C=O) groups is 2. The maximum absolute atomic E-state index is 11.4. The fourth-order valence-corrected chi connectivity index (χ4v) is 2.51. The molecule has 4 nitrogen and oxygen atoms in total. The van der Waals surface area contributed by atoms with Gasteiger partial charge in [-0.25, -0.2) is 0 Å². The molecule has 0 amide bonds. The number of hydrogen-bond donors (Lipinski definition) is 0. The summed E-state index contributed by atoms with van der Waals surface area (Å²) in [4.78, 5) is 23.8. The van der Waals surface area contributed by atoms with Crippen LogP contribution in [-0.4, -0.2) is 24.8 Å². The van der Waals surface area contributed by atoms with E-state index in [1.54, 1.807) is 0 Å². The van der Waals surface area contributed by atoms with Crippen molar-refractivity contribution in [1.29, 1.82) is 0 Å². The van der Waals surface area contributed by atoms with E-state index in [-0.39, 0.29) is 11.6 Å². The molecule has 1 aromatic heterocycles. The highest BCUT2D eigenvalue weighted by Gasteiger charge is 2.27. The fraction of sp³-hybridized carbons (Fsp3) is 0.455. The molecule has 1 aliphatic heterocycles. The van der Waals surface area contributed by atoms with Crippen molar-refractivity contribution in [3.05, 3.63) is 9.75 Å². The Balaban J connectivity index is 2.57. The number of rotatable bonds is 2. The molecule has 0 bridgehead atoms. The SMILES string of the molecule is CC(=O)c1sc(C(C)=O)c2c1OCCCO2. The first-order chi connectivity index (χ1) is 7.61. The highest BCUT2D eigenvalue weighted by molar-refractivity contribution is 7.16. The predicted molar refractivity (Wildman–Crippen MR) is 59.9 cm³/mol. The van der Waals surface area contributed by atoms with Gasteiger partial charge >= 0.3 is 0 Å². The van der Waals surface area contributed by atoms with Crippen molar-refractivity contribution in [2.45, 2.75) is 20.3 Å². The Hall–Kier alpha value is -1.36. The lowest BCUT2D eigenvalue weighted by Crippen LogP contribution is -2.00. The number of carbonyl (C=O) groups excluding carboxylic acids is 2. The molecule has 0 N–H and O–H groups in total. The summed E-state index contributed by atoms with van der Waals surface area (Å²) in [6.07, 6.45) is 0.758. The van der Waals surface area contributed by atoms with Crippen LogP contribution in [0.5, 0.6) is 11.5 Å². The van der Waals surface area contributed by atoms with Gasteiger partial charge in [0.1, 0.15) is 9.75 Å². The van der Waals surface area contributed by atoms with Crippen molar-refractivity contribution < 1.29 is 19.1 Å². The Labute approximate surface area is 97.2 Å². The van der Waals surface area contributed by atoms with E-state index < -0.39 is 0 Å². The first-order valence-corrected chi connectivity index (χ1v) is 5.87. The van der Waals surface area contributed by atoms with E-state index in [9.17, 15) is 9.59 Å². The van der Waals surface area contributed by atoms with Crippen molar-refractivity contribution in [1.82, 2.24) is 0 Å². The molecule has 5 heteroatoms. The maximum atomic E-state index is 11.4. The lowest BCUT2D eigenvalue weighted by Gasteiger charge is -2.03. The Bertz CT molecular complexity index is 409. The number of ether oxygens (including phenoxy) is 2. The van der Waals surface area contributed by atoms with Crippen LogP contribution in [0.25, 0.3) is 0 Å². The van der Waals surface area contributed by atoms with E-state index in [2.05, 4.69) is 0 Å². The van der Waals surface area contributed by atoms with Gasteiger partial charge in [-0.2, -0.15) is 0 Å². The van der Waals surface area contributed by atoms with Gasteiger partial charge < -0.3 is 9.47 Å². The molecule has 0 saturated carbocycles. The number of thiophene rings is 1. The summed E-state index contributed by atoms with van der Waals surface area (Å²) in [5.74, 6) is 0.693. The van der Waals surface area contributed by atoms with Crippen LogP contribution < -0.4 is 9.47 Å². The number of Topliss-reactive ketones (excluding diaryl/α,β-unsaturated/α-hetero) is 2. The van der Waals surface area contributed by atoms with Gasteiger partial charge in [0.15, 0.2) is 23.1 Å². The van der Waals surface area contributed by atoms with Crippen molar-refractivity contribution in [3.8, 4) is 11.5 Å². The second-order valence-corrected chi connectivity index (χ2v) is 4.60. The molecule has 0 atom stereocenters. The summed E-state index contributed by atoms with van der Waals surface area (Å²) in [5.41, 5.74) is 0. The average Bonchev–Trinajstić information content (AvgIpc) is 2.41. The van der Waals surface area contributed by atoms with Gasteiger partial charge in [-0.1, -0.05) is 0 Å². The Morgan fingerprint density at radius 3 is 1.81 bits per heavy atom. The normalized spacial score (nSPS) is 14.4. The van der Waals surface area contributed by atoms with E-state index in [4.69, 9.17) is 9.47 Å². The Kier molecular flexibility index (Phi) is 2.96. The summed E-state index contributed by atoms with van der Waals surface area (Å²) >= 11 is 1.15. The molecular weight excluding hydrogens is 228 g/mol. The van der Waals surface area contributed by atoms with E-state index in [1.165, 1.54) is 13.8 Å². The van der Waals surface area contributed by atoms with Gasteiger partial charge in [-0.3, -0.25) is 9.59 Å². The topological polar surface area (TPSA) is 52.6 Å². The molecule has 0 spiro atoms. The summed E-state index contributed by atoms with van der Waals surface area (Å²) in [6.45, 7) is 3.96. The first kappa shape index (κ1) is 11.1. The van der Waals surface area contributed by atoms with E-state index in [0.29, 0.717) is 34.5 Å². The molecule has 1 aromatic rings. The van der Waals surface area contributed by atoms with Crippen LogP contribution in [0.15, 0.2) is 0 Å². The van der Waals surface area contributed by atoms with Crippen LogP contribution in [-0.2, 0) is 0 Å². The van der Waals surface area contributed by atoms with Gasteiger partial charge in [0.05, 0.1) is 13.2 Å². The molecule has 16 heavy (non-hydrogen) atoms. The van der Waals surface area contributed by atoms with Gasteiger partial charge in [0.2, 0.25) is 0 Å². The molecule has 1 aliphatic rings. The van der Waals surface area contributed by atoms with E-state index in [0.717, 1.165) is 17.8 Å². The molecule has 0 saturated heterocycles. The minimum absolute atomic E-state index is 0.0979. The van der Waals surface area contributed by atoms with Crippen LogP contribution >= 0.6 is 11.3 Å². The number of ketones is 2. The second-order valence-electron chi connectivity index (χ2n) is 3.58.